The van der Waals surface area contributed by atoms with Gasteiger partial charge in [-0.25, -0.2) is 0 Å². The SMILES string of the molecule is CNC1CCOc2ccccc21. The normalized spacial score (nSPS) is 21.2. The summed E-state index contributed by atoms with van der Waals surface area (Å²) in [6.45, 7) is 0.822. The highest BCUT2D eigenvalue weighted by Crippen LogP contribution is 2.30. The molecular weight excluding hydrogens is 150 g/mol. The Morgan fingerprint density at radius 2 is 2.25 bits per heavy atom. The zero-order valence-corrected chi connectivity index (χ0v) is 7.21. The summed E-state index contributed by atoms with van der Waals surface area (Å²) in [6.07, 6.45) is 1.06. The molecule has 0 aliphatic carbocycles. The maximum Gasteiger partial charge on any atom is 0.124 e. The van der Waals surface area contributed by atoms with Gasteiger partial charge >= 0.3 is 0 Å². The maximum atomic E-state index is 5.52. The van der Waals surface area contributed by atoms with Crippen molar-refractivity contribution >= 4 is 0 Å². The highest BCUT2D eigenvalue weighted by atomic mass is 16.5. The number of hydrogen-bond acceptors (Lipinski definition) is 2. The number of hydrogen-bond donors (Lipinski definition) is 1. The van der Waals surface area contributed by atoms with Crippen LogP contribution in [0.5, 0.6) is 5.75 Å². The zero-order valence-electron chi connectivity index (χ0n) is 7.21. The van der Waals surface area contributed by atoms with E-state index in [0.717, 1.165) is 18.8 Å². The van der Waals surface area contributed by atoms with Gasteiger partial charge in [0.05, 0.1) is 6.61 Å². The number of rotatable bonds is 1. The molecule has 1 aromatic rings. The van der Waals surface area contributed by atoms with Crippen molar-refractivity contribution in [3.05, 3.63) is 29.8 Å². The molecule has 0 spiro atoms. The number of nitrogens with one attached hydrogen (secondary N) is 1. The molecule has 0 saturated heterocycles. The second-order valence-corrected chi connectivity index (χ2v) is 3.02. The average Bonchev–Trinajstić information content (AvgIpc) is 2.17. The van der Waals surface area contributed by atoms with Gasteiger partial charge in [0, 0.05) is 18.0 Å². The maximum absolute atomic E-state index is 5.52. The molecule has 2 rings (SSSR count). The summed E-state index contributed by atoms with van der Waals surface area (Å²) in [5.41, 5.74) is 1.28. The van der Waals surface area contributed by atoms with Gasteiger partial charge in [-0.05, 0) is 13.1 Å². The van der Waals surface area contributed by atoms with Crippen molar-refractivity contribution in [3.63, 3.8) is 0 Å². The van der Waals surface area contributed by atoms with E-state index >= 15 is 0 Å². The van der Waals surface area contributed by atoms with E-state index < -0.39 is 0 Å². The summed E-state index contributed by atoms with van der Waals surface area (Å²) in [4.78, 5) is 0. The Bertz CT molecular complexity index is 272. The van der Waals surface area contributed by atoms with E-state index in [1.54, 1.807) is 0 Å². The van der Waals surface area contributed by atoms with Crippen LogP contribution in [0.4, 0.5) is 0 Å². The van der Waals surface area contributed by atoms with Gasteiger partial charge < -0.3 is 10.1 Å². The Labute approximate surface area is 72.5 Å². The fourth-order valence-corrected chi connectivity index (χ4v) is 1.64. The molecule has 1 aliphatic heterocycles. The smallest absolute Gasteiger partial charge is 0.124 e. The monoisotopic (exact) mass is 163 g/mol. The number of para-hydroxylation sites is 1. The van der Waals surface area contributed by atoms with Crippen LogP contribution in [-0.2, 0) is 0 Å². The summed E-state index contributed by atoms with van der Waals surface area (Å²) < 4.78 is 5.52. The minimum atomic E-state index is 0.468. The third kappa shape index (κ3) is 1.18. The van der Waals surface area contributed by atoms with Crippen molar-refractivity contribution in [2.75, 3.05) is 13.7 Å². The van der Waals surface area contributed by atoms with Crippen LogP contribution in [0, 0.1) is 0 Å². The van der Waals surface area contributed by atoms with Crippen molar-refractivity contribution in [3.8, 4) is 5.75 Å². The zero-order chi connectivity index (χ0) is 8.39. The molecule has 64 valence electrons. The summed E-state index contributed by atoms with van der Waals surface area (Å²) in [6, 6.07) is 8.68. The van der Waals surface area contributed by atoms with Gasteiger partial charge in [0.1, 0.15) is 5.75 Å². The first-order valence-electron chi connectivity index (χ1n) is 4.31. The molecule has 2 nitrogen and oxygen atoms in total. The topological polar surface area (TPSA) is 21.3 Å². The van der Waals surface area contributed by atoms with Gasteiger partial charge in [-0.3, -0.25) is 0 Å². The summed E-state index contributed by atoms with van der Waals surface area (Å²) in [5.74, 6) is 1.03. The van der Waals surface area contributed by atoms with E-state index in [1.165, 1.54) is 5.56 Å². The molecule has 1 aromatic carbocycles. The molecule has 1 N–H and O–H groups in total. The first-order chi connectivity index (χ1) is 5.92. The predicted molar refractivity (Wildman–Crippen MR) is 48.4 cm³/mol. The van der Waals surface area contributed by atoms with E-state index in [2.05, 4.69) is 17.4 Å². The van der Waals surface area contributed by atoms with Crippen LogP contribution >= 0.6 is 0 Å². The van der Waals surface area contributed by atoms with E-state index in [1.807, 2.05) is 19.2 Å². The van der Waals surface area contributed by atoms with Crippen LogP contribution in [0.25, 0.3) is 0 Å². The fraction of sp³-hybridized carbons (Fsp3) is 0.400. The van der Waals surface area contributed by atoms with Crippen molar-refractivity contribution in [1.82, 2.24) is 5.32 Å². The molecule has 1 unspecified atom stereocenters. The lowest BCUT2D eigenvalue weighted by Gasteiger charge is -2.25. The lowest BCUT2D eigenvalue weighted by atomic mass is 10.0. The molecule has 0 bridgehead atoms. The van der Waals surface area contributed by atoms with Gasteiger partial charge in [0.25, 0.3) is 0 Å². The predicted octanol–water partition coefficient (Wildman–Crippen LogP) is 1.73. The van der Waals surface area contributed by atoms with Crippen molar-refractivity contribution < 1.29 is 4.74 Å². The molecule has 1 atom stereocenters. The van der Waals surface area contributed by atoms with Crippen LogP contribution in [0.2, 0.25) is 0 Å². The quantitative estimate of drug-likeness (QED) is 0.680. The van der Waals surface area contributed by atoms with Crippen molar-refractivity contribution in [2.24, 2.45) is 0 Å². The molecule has 2 heteroatoms. The van der Waals surface area contributed by atoms with E-state index in [4.69, 9.17) is 4.74 Å². The Morgan fingerprint density at radius 3 is 3.08 bits per heavy atom. The van der Waals surface area contributed by atoms with Crippen molar-refractivity contribution in [1.29, 1.82) is 0 Å². The number of benzene rings is 1. The second-order valence-electron chi connectivity index (χ2n) is 3.02. The van der Waals surface area contributed by atoms with Gasteiger partial charge in [0.2, 0.25) is 0 Å². The first kappa shape index (κ1) is 7.62. The summed E-state index contributed by atoms with van der Waals surface area (Å²) >= 11 is 0. The molecule has 0 radical (unpaired) electrons. The summed E-state index contributed by atoms with van der Waals surface area (Å²) in [7, 11) is 1.99. The van der Waals surface area contributed by atoms with Gasteiger partial charge in [-0.15, -0.1) is 0 Å². The van der Waals surface area contributed by atoms with Crippen LogP contribution in [0.15, 0.2) is 24.3 Å². The molecule has 1 heterocycles. The third-order valence-corrected chi connectivity index (χ3v) is 2.31. The van der Waals surface area contributed by atoms with E-state index in [9.17, 15) is 0 Å². The Kier molecular flexibility index (Phi) is 2.00. The van der Waals surface area contributed by atoms with E-state index in [-0.39, 0.29) is 0 Å². The summed E-state index contributed by atoms with van der Waals surface area (Å²) in [5, 5.41) is 3.28. The first-order valence-corrected chi connectivity index (χ1v) is 4.31. The Hall–Kier alpha value is -1.02. The van der Waals surface area contributed by atoms with Gasteiger partial charge in [0.15, 0.2) is 0 Å². The van der Waals surface area contributed by atoms with Crippen molar-refractivity contribution in [2.45, 2.75) is 12.5 Å². The van der Waals surface area contributed by atoms with Gasteiger partial charge in [-0.1, -0.05) is 18.2 Å². The molecule has 0 fully saturated rings. The number of fused-ring (bicyclic) bond motifs is 1. The lowest BCUT2D eigenvalue weighted by molar-refractivity contribution is 0.257. The molecule has 0 saturated carbocycles. The van der Waals surface area contributed by atoms with Crippen LogP contribution in [0.1, 0.15) is 18.0 Å². The average molecular weight is 163 g/mol. The van der Waals surface area contributed by atoms with Crippen LogP contribution in [-0.4, -0.2) is 13.7 Å². The minimum Gasteiger partial charge on any atom is -0.493 e. The Morgan fingerprint density at radius 1 is 1.42 bits per heavy atom. The lowest BCUT2D eigenvalue weighted by Crippen LogP contribution is -2.23. The van der Waals surface area contributed by atoms with E-state index in [0.29, 0.717) is 6.04 Å². The molecular formula is C10H13NO. The third-order valence-electron chi connectivity index (χ3n) is 2.31. The van der Waals surface area contributed by atoms with Gasteiger partial charge in [-0.2, -0.15) is 0 Å². The highest BCUT2D eigenvalue weighted by Gasteiger charge is 2.18. The molecule has 0 aromatic heterocycles. The highest BCUT2D eigenvalue weighted by molar-refractivity contribution is 5.37. The Balaban J connectivity index is 2.37. The van der Waals surface area contributed by atoms with Crippen LogP contribution in [0.3, 0.4) is 0 Å². The molecule has 1 aliphatic rings. The molecule has 12 heavy (non-hydrogen) atoms. The van der Waals surface area contributed by atoms with Crippen LogP contribution < -0.4 is 10.1 Å². The second kappa shape index (κ2) is 3.15. The minimum absolute atomic E-state index is 0.468. The number of ether oxygens (including phenoxy) is 1. The largest absolute Gasteiger partial charge is 0.493 e. The fourth-order valence-electron chi connectivity index (χ4n) is 1.64. The standard InChI is InChI=1S/C10H13NO/c1-11-9-6-7-12-10-5-3-2-4-8(9)10/h2-5,9,11H,6-7H2,1H3. The molecule has 0 amide bonds.